The first kappa shape index (κ1) is 28.8. The summed E-state index contributed by atoms with van der Waals surface area (Å²) in [5, 5.41) is 8.04. The smallest absolute Gasteiger partial charge is 0.265 e. The number of ether oxygens (including phenoxy) is 5. The van der Waals surface area contributed by atoms with Gasteiger partial charge in [-0.3, -0.25) is 5.41 Å². The highest BCUT2D eigenvalue weighted by Crippen LogP contribution is 2.32. The first-order valence-corrected chi connectivity index (χ1v) is 13.4. The average Bonchev–Trinajstić information content (AvgIpc) is 2.92. The Balaban J connectivity index is 1.51. The summed E-state index contributed by atoms with van der Waals surface area (Å²) in [5.41, 5.74) is 3.08. The summed E-state index contributed by atoms with van der Waals surface area (Å²) in [7, 11) is 0. The number of alkyl halides is 3. The highest BCUT2D eigenvalue weighted by atomic mass is 35.6. The number of nitrogens with one attached hydrogen (secondary N) is 1. The molecule has 0 aliphatic carbocycles. The monoisotopic (exact) mass is 577 g/mol. The van der Waals surface area contributed by atoms with Crippen molar-refractivity contribution in [3.8, 4) is 0 Å². The van der Waals surface area contributed by atoms with Crippen molar-refractivity contribution in [1.82, 2.24) is 0 Å². The van der Waals surface area contributed by atoms with Gasteiger partial charge in [0.15, 0.2) is 0 Å². The second kappa shape index (κ2) is 14.3. The molecule has 0 spiro atoms. The van der Waals surface area contributed by atoms with Gasteiger partial charge >= 0.3 is 0 Å². The maximum atomic E-state index is 8.04. The van der Waals surface area contributed by atoms with Crippen LogP contribution < -0.4 is 0 Å². The summed E-state index contributed by atoms with van der Waals surface area (Å²) in [6.07, 6.45) is -2.10. The highest BCUT2D eigenvalue weighted by molar-refractivity contribution is 6.76. The molecule has 4 atom stereocenters. The molecule has 6 nitrogen and oxygen atoms in total. The van der Waals surface area contributed by atoms with Gasteiger partial charge in [0.2, 0.25) is 12.2 Å². The Kier molecular flexibility index (Phi) is 10.8. The fourth-order valence-corrected chi connectivity index (χ4v) is 4.22. The van der Waals surface area contributed by atoms with Crippen LogP contribution in [-0.2, 0) is 43.5 Å². The van der Waals surface area contributed by atoms with Crippen molar-refractivity contribution >= 4 is 40.7 Å². The fraction of sp³-hybridized carbons (Fsp3) is 0.345. The van der Waals surface area contributed by atoms with Crippen LogP contribution in [0.2, 0.25) is 0 Å². The first-order chi connectivity index (χ1) is 18.4. The van der Waals surface area contributed by atoms with Crippen LogP contribution in [0.4, 0.5) is 0 Å². The topological polar surface area (TPSA) is 70.0 Å². The minimum Gasteiger partial charge on any atom is -0.448 e. The van der Waals surface area contributed by atoms with E-state index in [1.54, 1.807) is 0 Å². The fourth-order valence-electron chi connectivity index (χ4n) is 4.09. The molecule has 3 aromatic carbocycles. The molecule has 1 N–H and O–H groups in total. The van der Waals surface area contributed by atoms with Crippen LogP contribution in [0.25, 0.3) is 0 Å². The van der Waals surface area contributed by atoms with E-state index >= 15 is 0 Å². The van der Waals surface area contributed by atoms with Crippen LogP contribution in [0, 0.1) is 5.41 Å². The molecular weight excluding hydrogens is 549 g/mol. The van der Waals surface area contributed by atoms with Crippen molar-refractivity contribution in [2.45, 2.75) is 54.6 Å². The zero-order chi connectivity index (χ0) is 26.8. The molecule has 0 aromatic heterocycles. The van der Waals surface area contributed by atoms with Gasteiger partial charge < -0.3 is 23.7 Å². The highest BCUT2D eigenvalue weighted by Gasteiger charge is 2.43. The molecule has 0 amide bonds. The lowest BCUT2D eigenvalue weighted by atomic mass is 10.0. The van der Waals surface area contributed by atoms with E-state index < -0.39 is 34.3 Å². The maximum Gasteiger partial charge on any atom is 0.265 e. The minimum absolute atomic E-state index is 0.209. The Morgan fingerprint density at radius 2 is 1.26 bits per heavy atom. The summed E-state index contributed by atoms with van der Waals surface area (Å²) in [5.74, 6) is -0.526. The van der Waals surface area contributed by atoms with Crippen LogP contribution in [0.15, 0.2) is 91.0 Å². The molecule has 0 bridgehead atoms. The lowest BCUT2D eigenvalue weighted by molar-refractivity contribution is -0.261. The number of benzene rings is 3. The van der Waals surface area contributed by atoms with Crippen molar-refractivity contribution in [1.29, 1.82) is 5.41 Å². The average molecular weight is 579 g/mol. The predicted molar refractivity (Wildman–Crippen MR) is 149 cm³/mol. The van der Waals surface area contributed by atoms with Gasteiger partial charge in [-0.15, -0.1) is 0 Å². The van der Waals surface area contributed by atoms with E-state index in [4.69, 9.17) is 63.9 Å². The van der Waals surface area contributed by atoms with Gasteiger partial charge in [0, 0.05) is 6.42 Å². The standard InChI is InChI=1S/C29H30Cl3NO5/c30-29(31,32)28(33)38-26-16-24(35-18-22-12-6-2-7-13-22)27(36-19-23-14-8-3-9-15-23)25(37-26)20-34-17-21-10-4-1-5-11-21/h1-15,24-27,33H,16-20H2/t24?,25?,26?,27-/m0/s1. The molecular formula is C29H30Cl3NO5. The van der Waals surface area contributed by atoms with E-state index in [1.165, 1.54) is 0 Å². The molecule has 1 saturated heterocycles. The normalized spacial score (nSPS) is 21.7. The van der Waals surface area contributed by atoms with Gasteiger partial charge in [-0.05, 0) is 16.7 Å². The zero-order valence-electron chi connectivity index (χ0n) is 20.7. The number of hydrogen-bond acceptors (Lipinski definition) is 6. The van der Waals surface area contributed by atoms with E-state index in [1.807, 2.05) is 91.0 Å². The van der Waals surface area contributed by atoms with E-state index in [0.717, 1.165) is 16.7 Å². The lowest BCUT2D eigenvalue weighted by Crippen LogP contribution is -2.53. The molecule has 0 saturated carbocycles. The second-order valence-corrected chi connectivity index (χ2v) is 11.2. The summed E-state index contributed by atoms with van der Waals surface area (Å²) in [6, 6.07) is 29.6. The molecule has 3 unspecified atom stereocenters. The molecule has 202 valence electrons. The van der Waals surface area contributed by atoms with Crippen molar-refractivity contribution in [3.05, 3.63) is 108 Å². The number of hydrogen-bond donors (Lipinski definition) is 1. The van der Waals surface area contributed by atoms with Gasteiger partial charge in [0.05, 0.1) is 32.5 Å². The van der Waals surface area contributed by atoms with Crippen LogP contribution in [-0.4, -0.2) is 40.9 Å². The molecule has 1 heterocycles. The Bertz CT molecular complexity index is 1120. The molecule has 1 fully saturated rings. The summed E-state index contributed by atoms with van der Waals surface area (Å²) < 4.78 is 28.6. The van der Waals surface area contributed by atoms with Crippen molar-refractivity contribution in [2.75, 3.05) is 6.61 Å². The first-order valence-electron chi connectivity index (χ1n) is 12.3. The molecule has 1 aliphatic heterocycles. The SMILES string of the molecule is N=C(OC1CC(OCc2ccccc2)[C@H](OCc2ccccc2)C(COCc2ccccc2)O1)C(Cl)(Cl)Cl. The van der Waals surface area contributed by atoms with Gasteiger partial charge in [0.25, 0.3) is 3.79 Å². The lowest BCUT2D eigenvalue weighted by Gasteiger charge is -2.41. The molecule has 1 aliphatic rings. The molecule has 38 heavy (non-hydrogen) atoms. The molecule has 0 radical (unpaired) electrons. The number of rotatable bonds is 11. The summed E-state index contributed by atoms with van der Waals surface area (Å²) in [6.45, 7) is 1.34. The van der Waals surface area contributed by atoms with Gasteiger partial charge in [-0.25, -0.2) is 0 Å². The Hall–Kier alpha value is -2.16. The van der Waals surface area contributed by atoms with Gasteiger partial charge in [-0.1, -0.05) is 126 Å². The number of halogens is 3. The quantitative estimate of drug-likeness (QED) is 0.153. The van der Waals surface area contributed by atoms with Crippen molar-refractivity contribution < 1.29 is 23.7 Å². The minimum atomic E-state index is -2.01. The molecule has 4 rings (SSSR count). The van der Waals surface area contributed by atoms with Gasteiger partial charge in [-0.2, -0.15) is 0 Å². The Labute approximate surface area is 238 Å². The molecule has 3 aromatic rings. The summed E-state index contributed by atoms with van der Waals surface area (Å²) >= 11 is 17.6. The third-order valence-electron chi connectivity index (χ3n) is 5.98. The van der Waals surface area contributed by atoms with Gasteiger partial charge in [0.1, 0.15) is 12.2 Å². The van der Waals surface area contributed by atoms with E-state index in [-0.39, 0.29) is 13.0 Å². The Morgan fingerprint density at radius 3 is 1.79 bits per heavy atom. The van der Waals surface area contributed by atoms with Crippen LogP contribution in [0.5, 0.6) is 0 Å². The zero-order valence-corrected chi connectivity index (χ0v) is 22.9. The third kappa shape index (κ3) is 8.95. The van der Waals surface area contributed by atoms with E-state index in [2.05, 4.69) is 0 Å². The van der Waals surface area contributed by atoms with Crippen LogP contribution in [0.1, 0.15) is 23.1 Å². The molecule has 9 heteroatoms. The summed E-state index contributed by atoms with van der Waals surface area (Å²) in [4.78, 5) is 0. The second-order valence-electron chi connectivity index (χ2n) is 8.88. The van der Waals surface area contributed by atoms with E-state index in [0.29, 0.717) is 19.8 Å². The largest absolute Gasteiger partial charge is 0.448 e. The Morgan fingerprint density at radius 1 is 0.763 bits per heavy atom. The maximum absolute atomic E-state index is 8.04. The van der Waals surface area contributed by atoms with Crippen LogP contribution in [0.3, 0.4) is 0 Å². The third-order valence-corrected chi connectivity index (χ3v) is 6.49. The van der Waals surface area contributed by atoms with E-state index in [9.17, 15) is 0 Å². The predicted octanol–water partition coefficient (Wildman–Crippen LogP) is 6.85. The van der Waals surface area contributed by atoms with Crippen LogP contribution >= 0.6 is 34.8 Å². The van der Waals surface area contributed by atoms with Crippen molar-refractivity contribution in [2.24, 2.45) is 0 Å². The van der Waals surface area contributed by atoms with Crippen molar-refractivity contribution in [3.63, 3.8) is 0 Å².